The Balaban J connectivity index is 1.80. The Bertz CT molecular complexity index is 1240. The lowest BCUT2D eigenvalue weighted by atomic mass is 10.1. The summed E-state index contributed by atoms with van der Waals surface area (Å²) in [5.74, 6) is -1.20. The topological polar surface area (TPSA) is 144 Å². The van der Waals surface area contributed by atoms with E-state index in [1.807, 2.05) is 0 Å². The number of esters is 2. The lowest BCUT2D eigenvalue weighted by molar-refractivity contribution is -0.384. The number of nitro benzene ring substituents is 1. The predicted octanol–water partition coefficient (Wildman–Crippen LogP) is 3.13. The minimum absolute atomic E-state index is 0.188. The van der Waals surface area contributed by atoms with Gasteiger partial charge < -0.3 is 14.0 Å². The summed E-state index contributed by atoms with van der Waals surface area (Å²) in [6.45, 7) is 4.65. The van der Waals surface area contributed by atoms with E-state index in [0.717, 1.165) is 31.0 Å². The maximum atomic E-state index is 12.7. The highest BCUT2D eigenvalue weighted by Crippen LogP contribution is 2.22. The number of carbonyl (C=O) groups excluding carboxylic acids is 3. The first-order valence-electron chi connectivity index (χ1n) is 9.33. The molecule has 1 aromatic carbocycles. The van der Waals surface area contributed by atoms with E-state index in [1.54, 1.807) is 37.5 Å². The highest BCUT2D eigenvalue weighted by atomic mass is 16.6. The van der Waals surface area contributed by atoms with E-state index in [0.29, 0.717) is 22.8 Å². The standard InChI is InChI=1S/C21H19N3O8/c1-11-5-17(13(3)23(11)19-6-12(2)32-22-19)18(25)10-31-21(27)15-7-14(20(26)30-4)8-16(9-15)24(28)29/h5-9H,10H2,1-4H3. The van der Waals surface area contributed by atoms with Gasteiger partial charge >= 0.3 is 11.9 Å². The van der Waals surface area contributed by atoms with Crippen molar-refractivity contribution in [3.63, 3.8) is 0 Å². The highest BCUT2D eigenvalue weighted by molar-refractivity contribution is 6.01. The molecule has 3 aromatic rings. The van der Waals surface area contributed by atoms with Crippen LogP contribution in [0.5, 0.6) is 0 Å². The molecule has 11 heteroatoms. The summed E-state index contributed by atoms with van der Waals surface area (Å²) >= 11 is 0. The van der Waals surface area contributed by atoms with Crippen LogP contribution in [0.4, 0.5) is 5.69 Å². The molecule has 0 radical (unpaired) electrons. The molecule has 0 aliphatic carbocycles. The Hall–Kier alpha value is -4.28. The molecule has 2 aromatic heterocycles. The molecule has 0 saturated carbocycles. The van der Waals surface area contributed by atoms with Crippen molar-refractivity contribution in [1.29, 1.82) is 0 Å². The van der Waals surface area contributed by atoms with Gasteiger partial charge in [-0.2, -0.15) is 0 Å². The van der Waals surface area contributed by atoms with Crippen molar-refractivity contribution in [1.82, 2.24) is 9.72 Å². The van der Waals surface area contributed by atoms with Gasteiger partial charge in [0.05, 0.1) is 23.2 Å². The number of non-ortho nitro benzene ring substituents is 1. The van der Waals surface area contributed by atoms with Gasteiger partial charge in [0.2, 0.25) is 5.78 Å². The number of hydrogen-bond acceptors (Lipinski definition) is 9. The summed E-state index contributed by atoms with van der Waals surface area (Å²) in [7, 11) is 1.11. The van der Waals surface area contributed by atoms with Gasteiger partial charge in [-0.1, -0.05) is 5.16 Å². The minimum atomic E-state index is -0.992. The molecule has 0 aliphatic heterocycles. The van der Waals surface area contributed by atoms with Crippen molar-refractivity contribution >= 4 is 23.4 Å². The SMILES string of the molecule is COC(=O)c1cc(C(=O)OCC(=O)c2cc(C)n(-c3cc(C)on3)c2C)cc([N+](=O)[O-])c1. The molecule has 0 fully saturated rings. The number of nitrogens with zero attached hydrogens (tertiary/aromatic N) is 3. The van der Waals surface area contributed by atoms with E-state index in [4.69, 9.17) is 9.26 Å². The van der Waals surface area contributed by atoms with Crippen molar-refractivity contribution in [2.45, 2.75) is 20.8 Å². The van der Waals surface area contributed by atoms with Gasteiger partial charge in [0.1, 0.15) is 5.76 Å². The zero-order valence-electron chi connectivity index (χ0n) is 17.7. The summed E-state index contributed by atoms with van der Waals surface area (Å²) in [4.78, 5) is 47.2. The van der Waals surface area contributed by atoms with Crippen LogP contribution in [0.15, 0.2) is 34.9 Å². The zero-order chi connectivity index (χ0) is 23.6. The summed E-state index contributed by atoms with van der Waals surface area (Å²) < 4.78 is 16.4. The molecule has 0 aliphatic rings. The fraction of sp³-hybridized carbons (Fsp3) is 0.238. The van der Waals surface area contributed by atoms with Crippen molar-refractivity contribution in [3.8, 4) is 5.82 Å². The van der Waals surface area contributed by atoms with Crippen molar-refractivity contribution in [2.75, 3.05) is 13.7 Å². The lowest BCUT2D eigenvalue weighted by Crippen LogP contribution is -2.16. The van der Waals surface area contributed by atoms with Crippen LogP contribution in [0.25, 0.3) is 5.82 Å². The van der Waals surface area contributed by atoms with Gasteiger partial charge in [-0.15, -0.1) is 0 Å². The van der Waals surface area contributed by atoms with Crippen LogP contribution in [-0.4, -0.2) is 46.1 Å². The van der Waals surface area contributed by atoms with E-state index in [1.165, 1.54) is 0 Å². The second-order valence-corrected chi connectivity index (χ2v) is 6.93. The highest BCUT2D eigenvalue weighted by Gasteiger charge is 2.22. The molecule has 0 unspecified atom stereocenters. The van der Waals surface area contributed by atoms with Crippen LogP contribution in [0.3, 0.4) is 0 Å². The van der Waals surface area contributed by atoms with Crippen molar-refractivity contribution in [2.24, 2.45) is 0 Å². The average Bonchev–Trinajstić information content (AvgIpc) is 3.32. The fourth-order valence-electron chi connectivity index (χ4n) is 3.22. The number of methoxy groups -OCH3 is 1. The Labute approximate surface area is 181 Å². The number of aryl methyl sites for hydroxylation is 2. The summed E-state index contributed by atoms with van der Waals surface area (Å²) in [5, 5.41) is 15.1. The number of ketones is 1. The van der Waals surface area contributed by atoms with Crippen molar-refractivity contribution < 1.29 is 33.3 Å². The van der Waals surface area contributed by atoms with Crippen LogP contribution < -0.4 is 0 Å². The number of carbonyl (C=O) groups is 3. The first-order valence-corrected chi connectivity index (χ1v) is 9.33. The largest absolute Gasteiger partial charge is 0.465 e. The molecule has 0 amide bonds. The van der Waals surface area contributed by atoms with E-state index in [2.05, 4.69) is 9.89 Å². The van der Waals surface area contributed by atoms with E-state index < -0.39 is 34.9 Å². The van der Waals surface area contributed by atoms with Gasteiger partial charge in [-0.25, -0.2) is 9.59 Å². The predicted molar refractivity (Wildman–Crippen MR) is 109 cm³/mol. The molecule has 0 spiro atoms. The third-order valence-electron chi connectivity index (χ3n) is 4.70. The first-order chi connectivity index (χ1) is 15.1. The molecule has 11 nitrogen and oxygen atoms in total. The molecule has 32 heavy (non-hydrogen) atoms. The van der Waals surface area contributed by atoms with Crippen LogP contribution in [-0.2, 0) is 9.47 Å². The van der Waals surface area contributed by atoms with Crippen LogP contribution in [0.2, 0.25) is 0 Å². The summed E-state index contributed by atoms with van der Waals surface area (Å²) in [5.41, 5.74) is 0.706. The van der Waals surface area contributed by atoms with E-state index in [9.17, 15) is 24.5 Å². The summed E-state index contributed by atoms with van der Waals surface area (Å²) in [6.07, 6.45) is 0. The number of benzene rings is 1. The summed E-state index contributed by atoms with van der Waals surface area (Å²) in [6, 6.07) is 6.39. The molecular weight excluding hydrogens is 422 g/mol. The Kier molecular flexibility index (Phi) is 6.19. The van der Waals surface area contributed by atoms with Gasteiger partial charge in [-0.05, 0) is 32.9 Å². The minimum Gasteiger partial charge on any atom is -0.465 e. The van der Waals surface area contributed by atoms with Crippen LogP contribution in [0.1, 0.15) is 48.2 Å². The van der Waals surface area contributed by atoms with E-state index in [-0.39, 0.29) is 11.1 Å². The number of rotatable bonds is 7. The smallest absolute Gasteiger partial charge is 0.338 e. The van der Waals surface area contributed by atoms with E-state index >= 15 is 0 Å². The number of Topliss-reactive ketones (excluding diaryl/α,β-unsaturated/α-hetero) is 1. The van der Waals surface area contributed by atoms with Gasteiger partial charge in [0.25, 0.3) is 5.69 Å². The molecule has 3 rings (SSSR count). The van der Waals surface area contributed by atoms with Gasteiger partial charge in [0, 0.05) is 35.2 Å². The Morgan fingerprint density at radius 1 is 1.06 bits per heavy atom. The zero-order valence-corrected chi connectivity index (χ0v) is 17.7. The lowest BCUT2D eigenvalue weighted by Gasteiger charge is -2.07. The maximum Gasteiger partial charge on any atom is 0.338 e. The van der Waals surface area contributed by atoms with Crippen LogP contribution in [0, 0.1) is 30.9 Å². The van der Waals surface area contributed by atoms with Gasteiger partial charge in [-0.3, -0.25) is 19.5 Å². The second kappa shape index (κ2) is 8.84. The molecule has 2 heterocycles. The number of hydrogen-bond donors (Lipinski definition) is 0. The second-order valence-electron chi connectivity index (χ2n) is 6.93. The first kappa shape index (κ1) is 22.4. The van der Waals surface area contributed by atoms with Gasteiger partial charge in [0.15, 0.2) is 12.4 Å². The molecule has 0 saturated heterocycles. The molecule has 0 bridgehead atoms. The number of ether oxygens (including phenoxy) is 2. The third kappa shape index (κ3) is 4.41. The van der Waals surface area contributed by atoms with Crippen LogP contribution >= 0.6 is 0 Å². The molecule has 0 atom stereocenters. The normalized spacial score (nSPS) is 10.6. The Morgan fingerprint density at radius 3 is 2.28 bits per heavy atom. The Morgan fingerprint density at radius 2 is 1.72 bits per heavy atom. The monoisotopic (exact) mass is 441 g/mol. The average molecular weight is 441 g/mol. The molecular formula is C21H19N3O8. The fourth-order valence-corrected chi connectivity index (χ4v) is 3.22. The number of nitro groups is 1. The number of aromatic nitrogens is 2. The van der Waals surface area contributed by atoms with Crippen molar-refractivity contribution in [3.05, 3.63) is 74.3 Å². The quantitative estimate of drug-likeness (QED) is 0.234. The third-order valence-corrected chi connectivity index (χ3v) is 4.70. The molecule has 0 N–H and O–H groups in total. The molecule has 166 valence electrons. The maximum absolute atomic E-state index is 12.7.